The minimum atomic E-state index is -4.24. The maximum absolute atomic E-state index is 12.5. The number of nitrogens with one attached hydrogen (secondary N) is 1. The lowest BCUT2D eigenvalue weighted by Crippen LogP contribution is -2.34. The van der Waals surface area contributed by atoms with Crippen molar-refractivity contribution in [3.63, 3.8) is 0 Å². The first-order valence-corrected chi connectivity index (χ1v) is 7.74. The van der Waals surface area contributed by atoms with Crippen LogP contribution < -0.4 is 5.32 Å². The van der Waals surface area contributed by atoms with Crippen LogP contribution in [-0.4, -0.2) is 12.6 Å². The molecule has 0 aliphatic carbocycles. The Hall–Kier alpha value is -1.03. The molecule has 0 aliphatic rings. The summed E-state index contributed by atoms with van der Waals surface area (Å²) in [6.07, 6.45) is -0.258. The van der Waals surface area contributed by atoms with Crippen molar-refractivity contribution in [1.82, 2.24) is 5.32 Å². The van der Waals surface area contributed by atoms with E-state index < -0.39 is 11.7 Å². The van der Waals surface area contributed by atoms with E-state index in [4.69, 9.17) is 0 Å². The van der Waals surface area contributed by atoms with E-state index in [0.717, 1.165) is 37.8 Å². The van der Waals surface area contributed by atoms with E-state index in [-0.39, 0.29) is 0 Å². The van der Waals surface area contributed by atoms with Crippen LogP contribution in [0, 0.1) is 5.92 Å². The third-order valence-electron chi connectivity index (χ3n) is 3.72. The summed E-state index contributed by atoms with van der Waals surface area (Å²) < 4.78 is 37.4. The van der Waals surface area contributed by atoms with Crippen LogP contribution in [0.5, 0.6) is 0 Å². The highest BCUT2D eigenvalue weighted by Crippen LogP contribution is 2.29. The molecule has 1 nitrogen and oxygen atoms in total. The second kappa shape index (κ2) is 8.42. The molecule has 0 saturated carbocycles. The highest BCUT2D eigenvalue weighted by atomic mass is 19.4. The smallest absolute Gasteiger partial charge is 0.314 e. The summed E-state index contributed by atoms with van der Waals surface area (Å²) in [4.78, 5) is 0. The van der Waals surface area contributed by atoms with Gasteiger partial charge < -0.3 is 5.32 Å². The molecule has 1 unspecified atom stereocenters. The third-order valence-corrected chi connectivity index (χ3v) is 3.72. The quantitative estimate of drug-likeness (QED) is 0.708. The molecular weight excluding hydrogens is 275 g/mol. The van der Waals surface area contributed by atoms with Crippen LogP contribution in [0.25, 0.3) is 0 Å². The lowest BCUT2D eigenvalue weighted by Gasteiger charge is -2.22. The summed E-state index contributed by atoms with van der Waals surface area (Å²) >= 11 is 0. The van der Waals surface area contributed by atoms with Gasteiger partial charge in [0.15, 0.2) is 0 Å². The van der Waals surface area contributed by atoms with Crippen molar-refractivity contribution in [3.05, 3.63) is 35.4 Å². The highest BCUT2D eigenvalue weighted by Gasteiger charge is 2.29. The van der Waals surface area contributed by atoms with Crippen molar-refractivity contribution in [2.45, 2.75) is 58.7 Å². The zero-order chi connectivity index (χ0) is 15.9. The van der Waals surface area contributed by atoms with E-state index in [1.54, 1.807) is 12.1 Å². The molecule has 0 spiro atoms. The van der Waals surface area contributed by atoms with Crippen LogP contribution in [-0.2, 0) is 12.6 Å². The highest BCUT2D eigenvalue weighted by molar-refractivity contribution is 5.24. The first kappa shape index (κ1) is 18.0. The molecule has 0 fully saturated rings. The van der Waals surface area contributed by atoms with E-state index >= 15 is 0 Å². The standard InChI is InChI=1S/C17H26F3N/c1-4-12-21-16(13(2)3)7-5-6-14-8-10-15(11-9-14)17(18,19)20/h8-11,13,16,21H,4-7,12H2,1-3H3. The predicted octanol–water partition coefficient (Wildman–Crippen LogP) is 5.05. The molecule has 0 aliphatic heterocycles. The summed E-state index contributed by atoms with van der Waals surface area (Å²) in [5, 5.41) is 3.54. The predicted molar refractivity (Wildman–Crippen MR) is 81.3 cm³/mol. The number of aryl methyl sites for hydroxylation is 1. The third kappa shape index (κ3) is 6.51. The zero-order valence-electron chi connectivity index (χ0n) is 13.1. The molecule has 120 valence electrons. The lowest BCUT2D eigenvalue weighted by atomic mass is 9.96. The maximum Gasteiger partial charge on any atom is 0.416 e. The number of hydrogen-bond acceptors (Lipinski definition) is 1. The van der Waals surface area contributed by atoms with Crippen molar-refractivity contribution in [2.24, 2.45) is 5.92 Å². The topological polar surface area (TPSA) is 12.0 Å². The van der Waals surface area contributed by atoms with Gasteiger partial charge in [0.1, 0.15) is 0 Å². The molecule has 1 N–H and O–H groups in total. The Bertz CT molecular complexity index is 395. The Morgan fingerprint density at radius 3 is 2.19 bits per heavy atom. The Labute approximate surface area is 125 Å². The van der Waals surface area contributed by atoms with Gasteiger partial charge in [-0.05, 0) is 55.8 Å². The maximum atomic E-state index is 12.5. The molecule has 0 bridgehead atoms. The lowest BCUT2D eigenvalue weighted by molar-refractivity contribution is -0.137. The minimum Gasteiger partial charge on any atom is -0.314 e. The summed E-state index contributed by atoms with van der Waals surface area (Å²) in [6, 6.07) is 6.01. The number of rotatable bonds is 8. The van der Waals surface area contributed by atoms with Gasteiger partial charge >= 0.3 is 6.18 Å². The Kier molecular flexibility index (Phi) is 7.23. The van der Waals surface area contributed by atoms with Crippen molar-refractivity contribution in [2.75, 3.05) is 6.54 Å². The fourth-order valence-corrected chi connectivity index (χ4v) is 2.39. The molecule has 0 radical (unpaired) electrons. The van der Waals surface area contributed by atoms with Gasteiger partial charge in [0.25, 0.3) is 0 Å². The van der Waals surface area contributed by atoms with Crippen LogP contribution in [0.15, 0.2) is 24.3 Å². The Balaban J connectivity index is 2.44. The van der Waals surface area contributed by atoms with Gasteiger partial charge in [-0.1, -0.05) is 32.9 Å². The SMILES string of the molecule is CCCNC(CCCc1ccc(C(F)(F)F)cc1)C(C)C. The van der Waals surface area contributed by atoms with E-state index in [0.29, 0.717) is 12.0 Å². The molecule has 21 heavy (non-hydrogen) atoms. The second-order valence-corrected chi connectivity index (χ2v) is 5.89. The molecule has 1 aromatic rings. The molecular formula is C17H26F3N. The van der Waals surface area contributed by atoms with Crippen molar-refractivity contribution < 1.29 is 13.2 Å². The van der Waals surface area contributed by atoms with Gasteiger partial charge in [0.2, 0.25) is 0 Å². The van der Waals surface area contributed by atoms with E-state index in [9.17, 15) is 13.2 Å². The van der Waals surface area contributed by atoms with Gasteiger partial charge in [-0.25, -0.2) is 0 Å². The number of halogens is 3. The van der Waals surface area contributed by atoms with Gasteiger partial charge in [0.05, 0.1) is 5.56 Å². The molecule has 1 atom stereocenters. The first-order chi connectivity index (χ1) is 9.84. The van der Waals surface area contributed by atoms with Crippen LogP contribution in [0.4, 0.5) is 13.2 Å². The zero-order valence-corrected chi connectivity index (χ0v) is 13.1. The van der Waals surface area contributed by atoms with Crippen molar-refractivity contribution in [3.8, 4) is 0 Å². The van der Waals surface area contributed by atoms with E-state index in [1.807, 2.05) is 0 Å². The van der Waals surface area contributed by atoms with Crippen LogP contribution in [0.1, 0.15) is 51.2 Å². The van der Waals surface area contributed by atoms with Gasteiger partial charge in [0, 0.05) is 6.04 Å². The number of alkyl halides is 3. The Morgan fingerprint density at radius 1 is 1.10 bits per heavy atom. The molecule has 0 saturated heterocycles. The molecule has 0 heterocycles. The first-order valence-electron chi connectivity index (χ1n) is 7.74. The van der Waals surface area contributed by atoms with Gasteiger partial charge in [-0.3, -0.25) is 0 Å². The van der Waals surface area contributed by atoms with Crippen molar-refractivity contribution in [1.29, 1.82) is 0 Å². The number of hydrogen-bond donors (Lipinski definition) is 1. The fraction of sp³-hybridized carbons (Fsp3) is 0.647. The van der Waals surface area contributed by atoms with Crippen molar-refractivity contribution >= 4 is 0 Å². The Morgan fingerprint density at radius 2 is 1.71 bits per heavy atom. The van der Waals surface area contributed by atoms with E-state index in [2.05, 4.69) is 26.1 Å². The largest absolute Gasteiger partial charge is 0.416 e. The monoisotopic (exact) mass is 301 g/mol. The second-order valence-electron chi connectivity index (χ2n) is 5.89. The molecule has 0 amide bonds. The van der Waals surface area contributed by atoms with Gasteiger partial charge in [-0.2, -0.15) is 13.2 Å². The average Bonchev–Trinajstić information content (AvgIpc) is 2.41. The minimum absolute atomic E-state index is 0.486. The molecule has 4 heteroatoms. The van der Waals surface area contributed by atoms with Crippen LogP contribution in [0.3, 0.4) is 0 Å². The average molecular weight is 301 g/mol. The molecule has 1 aromatic carbocycles. The summed E-state index contributed by atoms with van der Waals surface area (Å²) in [6.45, 7) is 7.56. The van der Waals surface area contributed by atoms with Gasteiger partial charge in [-0.15, -0.1) is 0 Å². The fourth-order valence-electron chi connectivity index (χ4n) is 2.39. The van der Waals surface area contributed by atoms with Crippen LogP contribution >= 0.6 is 0 Å². The molecule has 1 rings (SSSR count). The normalized spacial score (nSPS) is 13.7. The van der Waals surface area contributed by atoms with Crippen LogP contribution in [0.2, 0.25) is 0 Å². The summed E-state index contributed by atoms with van der Waals surface area (Å²) in [5.74, 6) is 0.573. The summed E-state index contributed by atoms with van der Waals surface area (Å²) in [5.41, 5.74) is 0.400. The van der Waals surface area contributed by atoms with E-state index in [1.165, 1.54) is 12.1 Å². The summed E-state index contributed by atoms with van der Waals surface area (Å²) in [7, 11) is 0. The molecule has 0 aromatic heterocycles. The number of benzene rings is 1.